The van der Waals surface area contributed by atoms with Gasteiger partial charge in [-0.05, 0) is 76.0 Å². The molecular formula is C22H31N3O3. The van der Waals surface area contributed by atoms with Crippen molar-refractivity contribution in [2.24, 2.45) is 23.7 Å². The Hall–Kier alpha value is -2.03. The molecule has 28 heavy (non-hydrogen) atoms. The number of ether oxygens (including phenoxy) is 1. The molecule has 1 N–H and O–H groups in total. The lowest BCUT2D eigenvalue weighted by Gasteiger charge is -2.57. The molecule has 1 heterocycles. The molecule has 5 rings (SSSR count). The number of likely N-dealkylation sites (tertiary alicyclic amines) is 1. The van der Waals surface area contributed by atoms with Crippen LogP contribution in [-0.4, -0.2) is 42.0 Å². The Kier molecular flexibility index (Phi) is 5.35. The summed E-state index contributed by atoms with van der Waals surface area (Å²) >= 11 is 0. The van der Waals surface area contributed by atoms with Gasteiger partial charge in [0.1, 0.15) is 11.6 Å². The number of carbonyl (C=O) groups excluding carboxylic acids is 2. The highest BCUT2D eigenvalue weighted by atomic mass is 16.5. The molecule has 1 amide bonds. The standard InChI is InChI=1S/C22H31N3O3/c1-2-28-21(27)18-3-5-25(6-4-18)20(26)19(13-23)14-24-22-10-15-7-16(11-22)9-17(8-15)12-22/h14-18,24H,2-12H2,1H3/b19-14-. The number of hydrogen-bond acceptors (Lipinski definition) is 5. The molecule has 4 bridgehead atoms. The Bertz CT molecular complexity index is 665. The third-order valence-corrected chi connectivity index (χ3v) is 7.31. The number of amides is 1. The number of carbonyl (C=O) groups is 2. The second-order valence-electron chi connectivity index (χ2n) is 9.33. The zero-order chi connectivity index (χ0) is 19.7. The quantitative estimate of drug-likeness (QED) is 0.447. The van der Waals surface area contributed by atoms with Crippen LogP contribution in [-0.2, 0) is 14.3 Å². The van der Waals surface area contributed by atoms with Crippen LogP contribution >= 0.6 is 0 Å². The molecule has 6 nitrogen and oxygen atoms in total. The van der Waals surface area contributed by atoms with Gasteiger partial charge >= 0.3 is 5.97 Å². The number of rotatable bonds is 5. The lowest BCUT2D eigenvalue weighted by atomic mass is 9.53. The van der Waals surface area contributed by atoms with Gasteiger partial charge in [0.2, 0.25) is 0 Å². The van der Waals surface area contributed by atoms with Crippen molar-refractivity contribution in [3.63, 3.8) is 0 Å². The Balaban J connectivity index is 1.36. The van der Waals surface area contributed by atoms with E-state index in [1.54, 1.807) is 18.0 Å². The van der Waals surface area contributed by atoms with Crippen LogP contribution in [0.5, 0.6) is 0 Å². The molecule has 0 unspecified atom stereocenters. The third-order valence-electron chi connectivity index (χ3n) is 7.31. The predicted octanol–water partition coefficient (Wildman–Crippen LogP) is 2.75. The van der Waals surface area contributed by atoms with Crippen LogP contribution < -0.4 is 5.32 Å². The van der Waals surface area contributed by atoms with Crippen LogP contribution in [0.15, 0.2) is 11.8 Å². The molecule has 4 saturated carbocycles. The van der Waals surface area contributed by atoms with Crippen LogP contribution in [0.1, 0.15) is 58.3 Å². The Morgan fingerprint density at radius 3 is 2.21 bits per heavy atom. The van der Waals surface area contributed by atoms with E-state index in [0.29, 0.717) is 32.5 Å². The summed E-state index contributed by atoms with van der Waals surface area (Å²) in [5.74, 6) is 1.92. The molecule has 4 aliphatic carbocycles. The molecule has 0 aromatic rings. The minimum Gasteiger partial charge on any atom is -0.466 e. The van der Waals surface area contributed by atoms with Gasteiger partial charge in [0, 0.05) is 24.8 Å². The summed E-state index contributed by atoms with van der Waals surface area (Å²) in [5, 5.41) is 13.1. The molecule has 0 aromatic carbocycles. The summed E-state index contributed by atoms with van der Waals surface area (Å²) in [6, 6.07) is 2.10. The maximum atomic E-state index is 12.8. The number of nitriles is 1. The Morgan fingerprint density at radius 2 is 1.71 bits per heavy atom. The maximum absolute atomic E-state index is 12.8. The molecule has 0 aromatic heterocycles. The van der Waals surface area contributed by atoms with Crippen LogP contribution in [0, 0.1) is 35.0 Å². The van der Waals surface area contributed by atoms with Gasteiger partial charge in [-0.25, -0.2) is 0 Å². The molecule has 6 heteroatoms. The third kappa shape index (κ3) is 3.76. The molecule has 152 valence electrons. The maximum Gasteiger partial charge on any atom is 0.309 e. The van der Waals surface area contributed by atoms with Gasteiger partial charge in [-0.3, -0.25) is 9.59 Å². The van der Waals surface area contributed by atoms with Crippen molar-refractivity contribution >= 4 is 11.9 Å². The summed E-state index contributed by atoms with van der Waals surface area (Å²) < 4.78 is 5.09. The number of piperidine rings is 1. The summed E-state index contributed by atoms with van der Waals surface area (Å²) in [7, 11) is 0. The second-order valence-corrected chi connectivity index (χ2v) is 9.33. The van der Waals surface area contributed by atoms with E-state index in [1.165, 1.54) is 38.5 Å². The summed E-state index contributed by atoms with van der Waals surface area (Å²) in [6.07, 6.45) is 10.5. The van der Waals surface area contributed by atoms with E-state index in [0.717, 1.165) is 17.8 Å². The lowest BCUT2D eigenvalue weighted by Crippen LogP contribution is -2.57. The van der Waals surface area contributed by atoms with Gasteiger partial charge in [0.25, 0.3) is 5.91 Å². The zero-order valence-corrected chi connectivity index (χ0v) is 16.8. The topological polar surface area (TPSA) is 82.4 Å². The largest absolute Gasteiger partial charge is 0.466 e. The van der Waals surface area contributed by atoms with Crippen molar-refractivity contribution < 1.29 is 14.3 Å². The van der Waals surface area contributed by atoms with Crippen molar-refractivity contribution in [1.82, 2.24) is 10.2 Å². The number of nitrogens with one attached hydrogen (secondary N) is 1. The Morgan fingerprint density at radius 1 is 1.14 bits per heavy atom. The number of nitrogens with zero attached hydrogens (tertiary/aromatic N) is 2. The van der Waals surface area contributed by atoms with Gasteiger partial charge in [0.05, 0.1) is 12.5 Å². The SMILES string of the molecule is CCOC(=O)C1CCN(C(=O)/C(C#N)=C\NC23CC4CC(CC(C4)C2)C3)CC1. The first-order chi connectivity index (χ1) is 13.5. The normalized spacial score (nSPS) is 34.8. The van der Waals surface area contributed by atoms with E-state index in [-0.39, 0.29) is 28.9 Å². The van der Waals surface area contributed by atoms with Crippen molar-refractivity contribution in [3.05, 3.63) is 11.8 Å². The first-order valence-electron chi connectivity index (χ1n) is 10.9. The van der Waals surface area contributed by atoms with Gasteiger partial charge in [-0.15, -0.1) is 0 Å². The van der Waals surface area contributed by atoms with E-state index >= 15 is 0 Å². The average molecular weight is 386 g/mol. The monoisotopic (exact) mass is 385 g/mol. The predicted molar refractivity (Wildman–Crippen MR) is 104 cm³/mol. The zero-order valence-electron chi connectivity index (χ0n) is 16.8. The van der Waals surface area contributed by atoms with Gasteiger partial charge < -0.3 is 15.0 Å². The molecular weight excluding hydrogens is 354 g/mol. The van der Waals surface area contributed by atoms with Crippen molar-refractivity contribution in [2.45, 2.75) is 63.8 Å². The minimum atomic E-state index is -0.220. The van der Waals surface area contributed by atoms with Gasteiger partial charge in [-0.1, -0.05) is 0 Å². The first-order valence-corrected chi connectivity index (χ1v) is 10.9. The van der Waals surface area contributed by atoms with E-state index < -0.39 is 0 Å². The van der Waals surface area contributed by atoms with Gasteiger partial charge in [0.15, 0.2) is 0 Å². The fourth-order valence-corrected chi connectivity index (χ4v) is 6.40. The van der Waals surface area contributed by atoms with E-state index in [2.05, 4.69) is 11.4 Å². The number of hydrogen-bond donors (Lipinski definition) is 1. The molecule has 0 spiro atoms. The summed E-state index contributed by atoms with van der Waals surface area (Å²) in [6.45, 7) is 3.18. The first kappa shape index (κ1) is 19.3. The van der Waals surface area contributed by atoms with Crippen LogP contribution in [0.3, 0.4) is 0 Å². The van der Waals surface area contributed by atoms with E-state index in [9.17, 15) is 14.9 Å². The van der Waals surface area contributed by atoms with Crippen molar-refractivity contribution in [1.29, 1.82) is 5.26 Å². The number of esters is 1. The second kappa shape index (κ2) is 7.77. The summed E-state index contributed by atoms with van der Waals surface area (Å²) in [4.78, 5) is 26.4. The van der Waals surface area contributed by atoms with Crippen LogP contribution in [0.4, 0.5) is 0 Å². The highest BCUT2D eigenvalue weighted by Crippen LogP contribution is 2.55. The van der Waals surface area contributed by atoms with Crippen LogP contribution in [0.2, 0.25) is 0 Å². The van der Waals surface area contributed by atoms with E-state index in [4.69, 9.17) is 4.74 Å². The van der Waals surface area contributed by atoms with E-state index in [1.807, 2.05) is 0 Å². The smallest absolute Gasteiger partial charge is 0.309 e. The molecule has 0 radical (unpaired) electrons. The highest BCUT2D eigenvalue weighted by molar-refractivity contribution is 5.97. The molecule has 1 aliphatic heterocycles. The van der Waals surface area contributed by atoms with Crippen molar-refractivity contribution in [2.75, 3.05) is 19.7 Å². The van der Waals surface area contributed by atoms with Gasteiger partial charge in [-0.2, -0.15) is 5.26 Å². The minimum absolute atomic E-state index is 0.0913. The fraction of sp³-hybridized carbons (Fsp3) is 0.773. The molecule has 5 fully saturated rings. The molecule has 1 saturated heterocycles. The Labute approximate surface area is 167 Å². The molecule has 0 atom stereocenters. The average Bonchev–Trinajstić information content (AvgIpc) is 2.67. The van der Waals surface area contributed by atoms with Crippen molar-refractivity contribution in [3.8, 4) is 6.07 Å². The molecule has 5 aliphatic rings. The van der Waals surface area contributed by atoms with Crippen LogP contribution in [0.25, 0.3) is 0 Å². The lowest BCUT2D eigenvalue weighted by molar-refractivity contribution is -0.150. The fourth-order valence-electron chi connectivity index (χ4n) is 6.40. The highest BCUT2D eigenvalue weighted by Gasteiger charge is 2.50. The summed E-state index contributed by atoms with van der Waals surface area (Å²) in [5.41, 5.74) is 0.277.